The number of nitrogens with two attached hydrogens (primary N) is 1. The van der Waals surface area contributed by atoms with Gasteiger partial charge < -0.3 is 50.9 Å². The number of nitrogens with one attached hydrogen (secondary N) is 2. The quantitative estimate of drug-likeness (QED) is 0.0449. The van der Waals surface area contributed by atoms with Crippen molar-refractivity contribution >= 4 is 69.1 Å². The molecule has 1 aliphatic heterocycles. The highest BCUT2D eigenvalue weighted by Crippen LogP contribution is 2.61. The van der Waals surface area contributed by atoms with Crippen LogP contribution in [0.15, 0.2) is 24.8 Å². The third kappa shape index (κ3) is 13.5. The van der Waals surface area contributed by atoms with Gasteiger partial charge in [0.2, 0.25) is 16.9 Å². The minimum Gasteiger partial charge on any atom is -0.386 e. The van der Waals surface area contributed by atoms with Crippen LogP contribution < -0.4 is 16.4 Å². The molecule has 1 fully saturated rings. The number of hydrogen-bond donors (Lipinski definition) is 9. The number of thioether (sulfide) groups is 1. The second-order valence-corrected chi connectivity index (χ2v) is 17.1. The number of rotatable bonds is 20. The summed E-state index contributed by atoms with van der Waals surface area (Å²) in [4.78, 5) is 86.7. The highest BCUT2D eigenvalue weighted by Gasteiger charge is 2.50. The maximum atomic E-state index is 12.6. The van der Waals surface area contributed by atoms with E-state index < -0.39 is 84.6 Å². The zero-order valence-corrected chi connectivity index (χ0v) is 31.7. The van der Waals surface area contributed by atoms with Crippen LogP contribution in [0.2, 0.25) is 0 Å². The normalized spacial score (nSPS) is 22.4. The molecule has 0 bridgehead atoms. The van der Waals surface area contributed by atoms with E-state index in [-0.39, 0.29) is 41.6 Å². The van der Waals surface area contributed by atoms with Crippen LogP contribution in [-0.2, 0) is 50.7 Å². The molecule has 53 heavy (non-hydrogen) atoms. The molecular weight excluding hydrogens is 795 g/mol. The molecule has 2 aromatic heterocycles. The second-order valence-electron chi connectivity index (χ2n) is 11.7. The second kappa shape index (κ2) is 18.8. The molecule has 3 unspecified atom stereocenters. The number of aliphatic hydroxyl groups excluding tert-OH is 2. The summed E-state index contributed by atoms with van der Waals surface area (Å²) in [5, 5.41) is 26.1. The van der Waals surface area contributed by atoms with E-state index in [4.69, 9.17) is 19.5 Å². The Hall–Kier alpha value is -2.70. The predicted molar refractivity (Wildman–Crippen MR) is 182 cm³/mol. The van der Waals surface area contributed by atoms with Crippen molar-refractivity contribution in [3.05, 3.63) is 24.8 Å². The number of aliphatic hydroxyl groups is 2. The number of hydrogen-bond acceptors (Lipinski definition) is 18. The van der Waals surface area contributed by atoms with E-state index in [9.17, 15) is 57.9 Å². The molecule has 3 heterocycles. The van der Waals surface area contributed by atoms with Crippen molar-refractivity contribution in [2.24, 2.45) is 5.41 Å². The van der Waals surface area contributed by atoms with E-state index in [1.165, 1.54) is 19.9 Å². The van der Waals surface area contributed by atoms with Crippen molar-refractivity contribution in [3.8, 4) is 0 Å². The van der Waals surface area contributed by atoms with Crippen LogP contribution in [0.5, 0.6) is 0 Å². The predicted octanol–water partition coefficient (Wildman–Crippen LogP) is -0.759. The van der Waals surface area contributed by atoms with Gasteiger partial charge in [0, 0.05) is 30.7 Å². The topological polar surface area (TPSA) is 364 Å². The lowest BCUT2D eigenvalue weighted by atomic mass is 9.87. The van der Waals surface area contributed by atoms with Gasteiger partial charge in [-0.2, -0.15) is 4.31 Å². The lowest BCUT2D eigenvalue weighted by molar-refractivity contribution is -0.137. The molecule has 1 saturated heterocycles. The smallest absolute Gasteiger partial charge is 0.386 e. The molecule has 7 atom stereocenters. The first kappa shape index (κ1) is 44.7. The highest BCUT2D eigenvalue weighted by atomic mass is 32.2. The Kier molecular flexibility index (Phi) is 15.8. The van der Waals surface area contributed by atoms with Crippen LogP contribution >= 0.6 is 35.2 Å². The van der Waals surface area contributed by atoms with E-state index >= 15 is 0 Å². The van der Waals surface area contributed by atoms with Crippen LogP contribution in [0.4, 0.5) is 5.82 Å². The molecular formula is C25H40N7O17P3S. The third-order valence-corrected chi connectivity index (χ3v) is 11.0. The van der Waals surface area contributed by atoms with Gasteiger partial charge >= 0.3 is 23.5 Å². The van der Waals surface area contributed by atoms with E-state index in [1.807, 2.05) is 0 Å². The Morgan fingerprint density at radius 2 is 1.77 bits per heavy atom. The summed E-state index contributed by atoms with van der Waals surface area (Å²) in [5.41, 5.74) is 4.26. The van der Waals surface area contributed by atoms with Gasteiger partial charge in [0.1, 0.15) is 36.3 Å². The van der Waals surface area contributed by atoms with Crippen molar-refractivity contribution in [1.29, 1.82) is 0 Å². The van der Waals surface area contributed by atoms with Crippen LogP contribution in [0, 0.1) is 5.41 Å². The van der Waals surface area contributed by atoms with Crippen molar-refractivity contribution in [1.82, 2.24) is 30.2 Å². The molecule has 0 saturated carbocycles. The molecule has 298 valence electrons. The lowest BCUT2D eigenvalue weighted by Gasteiger charge is -2.30. The highest BCUT2D eigenvalue weighted by molar-refractivity contribution is 8.14. The Balaban J connectivity index is 1.52. The number of amides is 2. The summed E-state index contributed by atoms with van der Waals surface area (Å²) in [5.74, 6) is -1.13. The first-order chi connectivity index (χ1) is 24.6. The number of aromatic nitrogens is 4. The van der Waals surface area contributed by atoms with Crippen LogP contribution in [0.3, 0.4) is 0 Å². The fraction of sp³-hybridized carbons (Fsp3) is 0.600. The van der Waals surface area contributed by atoms with E-state index in [1.54, 1.807) is 13.0 Å². The Morgan fingerprint density at radius 3 is 2.43 bits per heavy atom. The summed E-state index contributed by atoms with van der Waals surface area (Å²) in [6.07, 6.45) is -3.94. The lowest BCUT2D eigenvalue weighted by Crippen LogP contribution is -2.46. The molecule has 2 amide bonds. The molecule has 0 spiro atoms. The molecule has 24 nitrogen and oxygen atoms in total. The first-order valence-corrected chi connectivity index (χ1v) is 20.7. The minimum absolute atomic E-state index is 0.0300. The Morgan fingerprint density at radius 1 is 1.09 bits per heavy atom. The van der Waals surface area contributed by atoms with E-state index in [0.717, 1.165) is 29.0 Å². The Bertz CT molecular complexity index is 1790. The van der Waals surface area contributed by atoms with Crippen LogP contribution in [-0.4, -0.2) is 123 Å². The van der Waals surface area contributed by atoms with Crippen molar-refractivity contribution in [2.75, 3.05) is 37.8 Å². The molecule has 28 heteroatoms. The first-order valence-electron chi connectivity index (χ1n) is 15.2. The SMILES string of the molecule is C/C=C/C(=O)SCCNC(=O)CCNC(=O)[C@H](O)C(C)(C)COP(=O)(O)OP(=O)(O)OC[C@H]1O[C@@H](n2cnc3c(N)ncnc32)C(O)[C@H]1OP(=O)(O)O. The van der Waals surface area contributed by atoms with Gasteiger partial charge in [0.05, 0.1) is 19.5 Å². The summed E-state index contributed by atoms with van der Waals surface area (Å²) in [7, 11) is -16.4. The van der Waals surface area contributed by atoms with Crippen LogP contribution in [0.1, 0.15) is 33.4 Å². The molecule has 0 radical (unpaired) electrons. The van der Waals surface area contributed by atoms with Gasteiger partial charge in [0.25, 0.3) is 0 Å². The number of nitrogens with zero attached hydrogens (tertiary/aromatic N) is 4. The molecule has 0 aromatic carbocycles. The average Bonchev–Trinajstić information content (AvgIpc) is 3.61. The molecule has 10 N–H and O–H groups in total. The van der Waals surface area contributed by atoms with Gasteiger partial charge in [-0.05, 0) is 13.0 Å². The zero-order valence-electron chi connectivity index (χ0n) is 28.2. The largest absolute Gasteiger partial charge is 0.481 e. The average molecular weight is 836 g/mol. The summed E-state index contributed by atoms with van der Waals surface area (Å²) in [6.45, 7) is 2.17. The fourth-order valence-electron chi connectivity index (χ4n) is 4.47. The maximum Gasteiger partial charge on any atom is 0.481 e. The van der Waals surface area contributed by atoms with Gasteiger partial charge in [0.15, 0.2) is 17.7 Å². The standard InChI is InChI=1S/C25H40N7O17P3S/c1-4-5-16(34)53-9-8-27-15(33)6-7-28-23(37)20(36)25(2,3)11-46-52(43,44)49-51(41,42)45-10-14-19(48-50(38,39)40)18(35)24(47-14)32-13-31-17-21(26)29-12-30-22(17)32/h4-5,12-14,18-20,24,35-36H,6-11H2,1-3H3,(H,27,33)(H,28,37)(H,41,42)(H,43,44)(H2,26,29,30)(H2,38,39,40)/b5-4+/t14-,18?,19+,20+,24-/m1/s1. The zero-order chi connectivity index (χ0) is 39.8. The molecule has 0 aliphatic carbocycles. The van der Waals surface area contributed by atoms with Crippen LogP contribution in [0.25, 0.3) is 11.2 Å². The molecule has 1 aliphatic rings. The minimum atomic E-state index is -5.56. The van der Waals surface area contributed by atoms with Gasteiger partial charge in [-0.15, -0.1) is 0 Å². The number of imidazole rings is 1. The number of carbonyl (C=O) groups is 3. The molecule has 2 aromatic rings. The van der Waals surface area contributed by atoms with Gasteiger partial charge in [-0.1, -0.05) is 31.7 Å². The van der Waals surface area contributed by atoms with E-state index in [2.05, 4.69) is 34.4 Å². The van der Waals surface area contributed by atoms with Gasteiger partial charge in [-0.3, -0.25) is 32.5 Å². The number of ether oxygens (including phenoxy) is 1. The monoisotopic (exact) mass is 835 g/mol. The number of phosphoric ester groups is 3. The number of allylic oxidation sites excluding steroid dienone is 1. The third-order valence-electron chi connectivity index (χ3n) is 7.05. The number of nitrogen functional groups attached to an aromatic ring is 1. The summed E-state index contributed by atoms with van der Waals surface area (Å²) in [6, 6.07) is 0. The van der Waals surface area contributed by atoms with Crippen molar-refractivity contribution in [2.45, 2.75) is 57.8 Å². The van der Waals surface area contributed by atoms with Gasteiger partial charge in [-0.25, -0.2) is 28.6 Å². The number of fused-ring (bicyclic) bond motifs is 1. The number of anilines is 1. The summed E-state index contributed by atoms with van der Waals surface area (Å²) >= 11 is 1.01. The maximum absolute atomic E-state index is 12.6. The number of phosphoric acid groups is 3. The number of carbonyl (C=O) groups excluding carboxylic acids is 3. The fourth-order valence-corrected chi connectivity index (χ4v) is 7.93. The van der Waals surface area contributed by atoms with Crippen molar-refractivity contribution in [3.63, 3.8) is 0 Å². The Labute approximate surface area is 305 Å². The summed E-state index contributed by atoms with van der Waals surface area (Å²) < 4.78 is 61.9. The van der Waals surface area contributed by atoms with Crippen molar-refractivity contribution < 1.29 is 80.5 Å². The van der Waals surface area contributed by atoms with E-state index in [0.29, 0.717) is 5.75 Å². The molecule has 3 rings (SSSR count).